The zero-order chi connectivity index (χ0) is 18.8. The molecular formula is C24H12N2O2. The van der Waals surface area contributed by atoms with Gasteiger partial charge in [0.05, 0.1) is 5.35 Å². The molecule has 0 radical (unpaired) electrons. The van der Waals surface area contributed by atoms with Crippen molar-refractivity contribution < 1.29 is 9.59 Å². The molecule has 0 unspecified atom stereocenters. The number of benzene rings is 3. The zero-order valence-electron chi connectivity index (χ0n) is 14.6. The monoisotopic (exact) mass is 360 g/mol. The zero-order valence-corrected chi connectivity index (χ0v) is 14.6. The minimum atomic E-state index is -0.192. The van der Waals surface area contributed by atoms with Gasteiger partial charge in [0.15, 0.2) is 0 Å². The van der Waals surface area contributed by atoms with Gasteiger partial charge in [-0.25, -0.2) is 9.97 Å². The first-order valence-electron chi connectivity index (χ1n) is 9.02. The van der Waals surface area contributed by atoms with Gasteiger partial charge in [-0.1, -0.05) is 54.6 Å². The molecule has 0 saturated heterocycles. The summed E-state index contributed by atoms with van der Waals surface area (Å²) in [5.41, 5.74) is 0.588. The Bertz CT molecular complexity index is 1650. The smallest absolute Gasteiger partial charge is 0.207 e. The fourth-order valence-corrected chi connectivity index (χ4v) is 4.09. The third kappa shape index (κ3) is 1.94. The second kappa shape index (κ2) is 5.30. The molecule has 0 amide bonds. The van der Waals surface area contributed by atoms with Crippen molar-refractivity contribution in [2.75, 3.05) is 0 Å². The van der Waals surface area contributed by atoms with E-state index in [9.17, 15) is 9.59 Å². The first-order valence-corrected chi connectivity index (χ1v) is 9.02. The summed E-state index contributed by atoms with van der Waals surface area (Å²) in [5, 5.41) is 6.87. The first kappa shape index (κ1) is 15.2. The van der Waals surface area contributed by atoms with Crippen LogP contribution in [0.5, 0.6) is 0 Å². The van der Waals surface area contributed by atoms with E-state index in [1.807, 2.05) is 24.3 Å². The topological polar surface area (TPSA) is 59.9 Å². The summed E-state index contributed by atoms with van der Waals surface area (Å²) in [6, 6.07) is 16.3. The van der Waals surface area contributed by atoms with Gasteiger partial charge in [-0.15, -0.1) is 0 Å². The Morgan fingerprint density at radius 2 is 1.57 bits per heavy atom. The van der Waals surface area contributed by atoms with E-state index >= 15 is 0 Å². The molecule has 0 fully saturated rings. The lowest BCUT2D eigenvalue weighted by molar-refractivity contribution is 0.103. The van der Waals surface area contributed by atoms with E-state index in [2.05, 4.69) is 34.2 Å². The highest BCUT2D eigenvalue weighted by Crippen LogP contribution is 2.23. The van der Waals surface area contributed by atoms with Crippen LogP contribution in [0.4, 0.5) is 0 Å². The molecule has 130 valence electrons. The van der Waals surface area contributed by atoms with E-state index in [1.54, 1.807) is 18.2 Å². The predicted molar refractivity (Wildman–Crippen MR) is 107 cm³/mol. The summed E-state index contributed by atoms with van der Waals surface area (Å²) < 4.78 is 0. The number of rotatable bonds is 0. The Labute approximate surface area is 158 Å². The van der Waals surface area contributed by atoms with Gasteiger partial charge in [0.1, 0.15) is 16.7 Å². The Morgan fingerprint density at radius 3 is 2.50 bits per heavy atom. The number of ketones is 2. The molecule has 0 spiro atoms. The van der Waals surface area contributed by atoms with Gasteiger partial charge >= 0.3 is 0 Å². The van der Waals surface area contributed by atoms with Crippen LogP contribution in [-0.4, -0.2) is 21.5 Å². The summed E-state index contributed by atoms with van der Waals surface area (Å²) in [6.45, 7) is 0. The second-order valence-corrected chi connectivity index (χ2v) is 6.96. The number of hydrogen-bond donors (Lipinski definition) is 0. The van der Waals surface area contributed by atoms with Crippen molar-refractivity contribution >= 4 is 45.3 Å². The molecule has 0 aliphatic heterocycles. The lowest BCUT2D eigenvalue weighted by Crippen LogP contribution is -2.28. The molecule has 4 heteroatoms. The van der Waals surface area contributed by atoms with Crippen LogP contribution in [0.2, 0.25) is 0 Å². The number of carbonyl (C=O) groups excluding carboxylic acids is 2. The molecule has 2 aliphatic rings. The maximum absolute atomic E-state index is 12.9. The van der Waals surface area contributed by atoms with Gasteiger partial charge in [-0.05, 0) is 45.0 Å². The number of fused-ring (bicyclic) bond motifs is 7. The summed E-state index contributed by atoms with van der Waals surface area (Å²) in [7, 11) is 0. The van der Waals surface area contributed by atoms with Crippen LogP contribution in [-0.2, 0) is 0 Å². The average Bonchev–Trinajstić information content (AvgIpc) is 2.73. The SMILES string of the molecule is O=C1C=CC=c2nc3c(nc21)=c1ccc2ccc4ccccc4c2c1=CC3=O. The van der Waals surface area contributed by atoms with Crippen LogP contribution in [0.1, 0.15) is 21.0 Å². The molecule has 4 nitrogen and oxygen atoms in total. The third-order valence-corrected chi connectivity index (χ3v) is 5.37. The molecule has 6 rings (SSSR count). The van der Waals surface area contributed by atoms with Gasteiger partial charge in [0.25, 0.3) is 0 Å². The Morgan fingerprint density at radius 1 is 0.750 bits per heavy atom. The van der Waals surface area contributed by atoms with Gasteiger partial charge in [0, 0.05) is 5.22 Å². The van der Waals surface area contributed by atoms with Crippen LogP contribution >= 0.6 is 0 Å². The summed E-state index contributed by atoms with van der Waals surface area (Å²) in [4.78, 5) is 34.2. The molecule has 28 heavy (non-hydrogen) atoms. The molecule has 0 N–H and O–H groups in total. The lowest BCUT2D eigenvalue weighted by Gasteiger charge is -2.10. The fourth-order valence-electron chi connectivity index (χ4n) is 4.09. The summed E-state index contributed by atoms with van der Waals surface area (Å²) in [5.74, 6) is -0.378. The van der Waals surface area contributed by atoms with Gasteiger partial charge in [-0.2, -0.15) is 0 Å². The summed E-state index contributed by atoms with van der Waals surface area (Å²) in [6.07, 6.45) is 6.46. The standard InChI is InChI=1S/C24H12N2O2/c27-19-7-3-6-18-23(19)26-22-16-11-10-14-9-8-13-4-1-2-5-15(13)21(14)17(16)12-20(28)24(22)25-18/h1-12H. The average molecular weight is 360 g/mol. The number of Topliss-reactive ketones (excluding diaryl/α,β-unsaturated/α-hetero) is 1. The van der Waals surface area contributed by atoms with Crippen LogP contribution in [0.25, 0.3) is 33.7 Å². The molecule has 3 aromatic carbocycles. The minimum absolute atomic E-state index is 0.186. The highest BCUT2D eigenvalue weighted by molar-refractivity contribution is 6.19. The van der Waals surface area contributed by atoms with E-state index in [-0.39, 0.29) is 11.6 Å². The second-order valence-electron chi connectivity index (χ2n) is 6.96. The Kier molecular flexibility index (Phi) is 2.87. The van der Waals surface area contributed by atoms with Crippen molar-refractivity contribution in [1.29, 1.82) is 0 Å². The van der Waals surface area contributed by atoms with Crippen molar-refractivity contribution in [1.82, 2.24) is 9.97 Å². The van der Waals surface area contributed by atoms with Crippen molar-refractivity contribution in [3.63, 3.8) is 0 Å². The first-order chi connectivity index (χ1) is 13.7. The summed E-state index contributed by atoms with van der Waals surface area (Å²) >= 11 is 0. The highest BCUT2D eigenvalue weighted by Gasteiger charge is 2.19. The number of hydrogen-bond acceptors (Lipinski definition) is 4. The van der Waals surface area contributed by atoms with Gasteiger partial charge < -0.3 is 0 Å². The molecule has 2 aliphatic carbocycles. The van der Waals surface area contributed by atoms with Gasteiger partial charge in [0.2, 0.25) is 11.6 Å². The molecule has 0 atom stereocenters. The van der Waals surface area contributed by atoms with Crippen molar-refractivity contribution in [3.05, 3.63) is 93.2 Å². The van der Waals surface area contributed by atoms with Crippen LogP contribution in [0.3, 0.4) is 0 Å². The van der Waals surface area contributed by atoms with Crippen molar-refractivity contribution in [2.24, 2.45) is 0 Å². The fraction of sp³-hybridized carbons (Fsp3) is 0. The third-order valence-electron chi connectivity index (χ3n) is 5.37. The predicted octanol–water partition coefficient (Wildman–Crippen LogP) is 2.58. The van der Waals surface area contributed by atoms with E-state index < -0.39 is 0 Å². The molecule has 1 aromatic heterocycles. The molecule has 1 heterocycles. The van der Waals surface area contributed by atoms with E-state index in [1.165, 1.54) is 6.08 Å². The molecule has 4 aromatic rings. The number of nitrogens with zero attached hydrogens (tertiary/aromatic N) is 2. The van der Waals surface area contributed by atoms with Crippen molar-refractivity contribution in [3.8, 4) is 0 Å². The van der Waals surface area contributed by atoms with Crippen LogP contribution in [0.15, 0.2) is 60.7 Å². The minimum Gasteiger partial charge on any atom is -0.287 e. The maximum atomic E-state index is 12.9. The molecular weight excluding hydrogens is 348 g/mol. The van der Waals surface area contributed by atoms with E-state index in [0.717, 1.165) is 32.0 Å². The number of allylic oxidation sites excluding steroid dienone is 2. The molecule has 0 bridgehead atoms. The Balaban J connectivity index is 1.91. The number of carbonyl (C=O) groups is 2. The molecule has 0 saturated carbocycles. The number of aromatic nitrogens is 2. The highest BCUT2D eigenvalue weighted by atomic mass is 16.1. The largest absolute Gasteiger partial charge is 0.287 e. The van der Waals surface area contributed by atoms with Crippen LogP contribution in [0, 0.1) is 10.6 Å². The van der Waals surface area contributed by atoms with E-state index in [4.69, 9.17) is 0 Å². The lowest BCUT2D eigenvalue weighted by atomic mass is 9.96. The quantitative estimate of drug-likeness (QED) is 0.452. The van der Waals surface area contributed by atoms with Crippen molar-refractivity contribution in [2.45, 2.75) is 0 Å². The van der Waals surface area contributed by atoms with E-state index in [0.29, 0.717) is 22.1 Å². The normalized spacial score (nSPS) is 14.3. The van der Waals surface area contributed by atoms with Gasteiger partial charge in [-0.3, -0.25) is 9.59 Å². The van der Waals surface area contributed by atoms with Crippen LogP contribution < -0.4 is 10.6 Å². The maximum Gasteiger partial charge on any atom is 0.207 e. The Hall–Kier alpha value is -3.92.